The van der Waals surface area contributed by atoms with Gasteiger partial charge in [-0.2, -0.15) is 0 Å². The van der Waals surface area contributed by atoms with E-state index in [0.717, 1.165) is 25.7 Å². The highest BCUT2D eigenvalue weighted by Crippen LogP contribution is 2.66. The molecule has 4 aliphatic carbocycles. The molecule has 6 aliphatic rings. The van der Waals surface area contributed by atoms with Crippen LogP contribution in [-0.2, 0) is 57.5 Å². The number of nitrogens with zero attached hydrogens (tertiary/aromatic N) is 4. The van der Waals surface area contributed by atoms with Crippen LogP contribution in [0.4, 0.5) is 4.79 Å². The average Bonchev–Trinajstić information content (AvgIpc) is 1.53. The number of nitrogens with one attached hydrogen (secondary N) is 4. The summed E-state index contributed by atoms with van der Waals surface area (Å²) >= 11 is 2.35. The van der Waals surface area contributed by atoms with Crippen molar-refractivity contribution >= 4 is 111 Å². The summed E-state index contributed by atoms with van der Waals surface area (Å²) in [6, 6.07) is 12.2. The fourth-order valence-corrected chi connectivity index (χ4v) is 14.4. The lowest BCUT2D eigenvalue weighted by molar-refractivity contribution is -0.145. The molecule has 2 heterocycles. The first-order chi connectivity index (χ1) is 46.9. The predicted molar refractivity (Wildman–Crippen MR) is 402 cm³/mol. The van der Waals surface area contributed by atoms with Gasteiger partial charge in [0.1, 0.15) is 18.1 Å². The maximum absolute atomic E-state index is 14.3. The Morgan fingerprint density at radius 2 is 0.902 bits per heavy atom. The molecule has 2 saturated heterocycles. The molecule has 6 N–H and O–H groups in total. The van der Waals surface area contributed by atoms with E-state index in [-0.39, 0.29) is 132 Å². The second kappa shape index (κ2) is 35.5. The van der Waals surface area contributed by atoms with E-state index in [1.807, 2.05) is 68.4 Å². The van der Waals surface area contributed by atoms with Gasteiger partial charge in [0.25, 0.3) is 0 Å². The van der Waals surface area contributed by atoms with Crippen molar-refractivity contribution in [3.05, 3.63) is 71.8 Å². The summed E-state index contributed by atoms with van der Waals surface area (Å²) in [5, 5.41) is 11.1. The molecule has 2 aliphatic heterocycles. The number of nitrogens with two attached hydrogens (primary N) is 1. The van der Waals surface area contributed by atoms with E-state index in [1.54, 1.807) is 92.6 Å². The number of hydrogen-bond acceptors (Lipinski definition) is 14. The highest BCUT2D eigenvalue weighted by Gasteiger charge is 2.71. The summed E-state index contributed by atoms with van der Waals surface area (Å²) in [4.78, 5) is 180. The molecule has 8 unspecified atom stereocenters. The molecule has 12 atom stereocenters. The molecule has 8 amide bonds. The number of alkyl halides is 1. The SMILES string of the molecule is CCCI.CN(C)C(=O)[C@@H](NC(=O)CCC(=O)C(=O)C(CC(=O)C1[C@@H]2C(CN1C(=O)C(N)C(C)(C)C)C2(C)C)CC1CC1)c1ccccc1.CN(C)C(=O)[C@@H](NC(=O)CCC(=O)C(=O)C(CC(=O)C1[C@@H]2C(CN1C(=O)C(NC(=O)NC(C)(C)C)C(C)(C)C)C2(C)C)CC1CC1)c1ccccc1.Cl. The van der Waals surface area contributed by atoms with Crippen molar-refractivity contribution in [3.8, 4) is 0 Å². The molecule has 2 aromatic carbocycles. The molecule has 8 rings (SSSR count). The van der Waals surface area contributed by atoms with Crippen LogP contribution in [0.3, 0.4) is 0 Å². The summed E-state index contributed by atoms with van der Waals surface area (Å²) in [5.74, 6) is -6.40. The molecule has 566 valence electrons. The number of benzene rings is 2. The minimum absolute atomic E-state index is 0. The topological polar surface area (TPSA) is 309 Å². The number of amides is 8. The quantitative estimate of drug-likeness (QED) is 0.0276. The van der Waals surface area contributed by atoms with Crippen LogP contribution in [0.15, 0.2) is 60.7 Å². The molecular formula is C78H117ClIN9O13. The third-order valence-corrected chi connectivity index (χ3v) is 22.2. The molecule has 0 aromatic heterocycles. The molecule has 4 saturated carbocycles. The Morgan fingerprint density at radius 3 is 1.21 bits per heavy atom. The monoisotopic (exact) mass is 1550 g/mol. The molecule has 0 bridgehead atoms. The van der Waals surface area contributed by atoms with Crippen molar-refractivity contribution in [2.75, 3.05) is 45.7 Å². The lowest BCUT2D eigenvalue weighted by Gasteiger charge is -2.38. The van der Waals surface area contributed by atoms with Crippen molar-refractivity contribution in [1.82, 2.24) is 40.9 Å². The first-order valence-corrected chi connectivity index (χ1v) is 37.7. The lowest BCUT2D eigenvalue weighted by Crippen LogP contribution is -2.60. The lowest BCUT2D eigenvalue weighted by atomic mass is 9.83. The molecule has 22 nitrogen and oxygen atoms in total. The van der Waals surface area contributed by atoms with Crippen molar-refractivity contribution in [2.45, 2.75) is 222 Å². The van der Waals surface area contributed by atoms with Gasteiger partial charge in [-0.25, -0.2) is 4.79 Å². The van der Waals surface area contributed by atoms with Gasteiger partial charge < -0.3 is 46.6 Å². The standard InChI is InChI=1S/C40H59N5O7.C35H50N4O6.C3H7I.ClH/c1-38(2,3)34(42-37(52)43-39(4,5)6)36(51)45-22-26-30(40(26,7)8)32(45)28(47)21-25(20-23-16-17-23)33(49)27(46)18-19-29(48)41-31(35(50)44(9)10)24-14-12-11-13-15-24;1-34(2,3)31(36)33(45)39-19-23-27(35(23,4)5)29(39)25(41)18-22(17-20-13-14-20)30(43)24(40)15-16-26(42)37-28(32(44)38(6)7)21-11-9-8-10-12-21;1-2-3-4;/h11-15,23,25-26,30-32,34H,16-22H2,1-10H3,(H,41,48)(H2,42,43,52);8-12,20,22-23,27-29,31H,13-19,36H2,1-7H3,(H,37,42);2-3H2,1H3;1H/t25?,26?,30-,31-,32?,34?;22?,23?,27-,28-,29?,31?;;/m00../s1. The summed E-state index contributed by atoms with van der Waals surface area (Å²) < 4.78 is 1.29. The van der Waals surface area contributed by atoms with Gasteiger partial charge in [-0.05, 0) is 113 Å². The Hall–Kier alpha value is -6.47. The smallest absolute Gasteiger partial charge is 0.315 e. The van der Waals surface area contributed by atoms with Gasteiger partial charge in [0.15, 0.2) is 23.1 Å². The number of rotatable bonds is 30. The summed E-state index contributed by atoms with van der Waals surface area (Å²) in [7, 11) is 6.37. The summed E-state index contributed by atoms with van der Waals surface area (Å²) in [5.41, 5.74) is 5.61. The zero-order valence-electron chi connectivity index (χ0n) is 63.6. The van der Waals surface area contributed by atoms with Crippen LogP contribution in [0.5, 0.6) is 0 Å². The number of carbonyl (C=O) groups excluding carboxylic acids is 13. The molecule has 24 heteroatoms. The first-order valence-electron chi connectivity index (χ1n) is 36.2. The number of Topliss-reactive ketones (excluding diaryl/α,β-unsaturated/α-hetero) is 6. The van der Waals surface area contributed by atoms with Gasteiger partial charge in [0.05, 0.1) is 18.1 Å². The van der Waals surface area contributed by atoms with Crippen LogP contribution in [0.1, 0.15) is 204 Å². The number of piperidine rings is 2. The Bertz CT molecular complexity index is 3370. The maximum Gasteiger partial charge on any atom is 0.315 e. The minimum atomic E-state index is -0.941. The van der Waals surface area contributed by atoms with Gasteiger partial charge in [-0.3, -0.25) is 57.5 Å². The summed E-state index contributed by atoms with van der Waals surface area (Å²) in [6.07, 6.45) is 4.37. The molecular weight excluding hydrogens is 1430 g/mol. The molecule has 0 spiro atoms. The average molecular weight is 1550 g/mol. The first kappa shape index (κ1) is 86.2. The van der Waals surface area contributed by atoms with Crippen LogP contribution in [0, 0.1) is 69.0 Å². The van der Waals surface area contributed by atoms with Crippen molar-refractivity contribution in [2.24, 2.45) is 74.7 Å². The summed E-state index contributed by atoms with van der Waals surface area (Å²) in [6.45, 7) is 28.2. The van der Waals surface area contributed by atoms with Gasteiger partial charge in [-0.1, -0.05) is 185 Å². The van der Waals surface area contributed by atoms with E-state index in [9.17, 15) is 62.3 Å². The molecule has 102 heavy (non-hydrogen) atoms. The Kier molecular flexibility index (Phi) is 30.0. The van der Waals surface area contributed by atoms with E-state index >= 15 is 0 Å². The third-order valence-electron chi connectivity index (χ3n) is 21.1. The second-order valence-electron chi connectivity index (χ2n) is 33.9. The minimum Gasteiger partial charge on any atom is -0.347 e. The zero-order chi connectivity index (χ0) is 75.8. The van der Waals surface area contributed by atoms with Gasteiger partial charge in [-0.15, -0.1) is 12.4 Å². The normalized spacial score (nSPS) is 22.1. The Morgan fingerprint density at radius 1 is 0.549 bits per heavy atom. The number of halogens is 2. The number of urea groups is 1. The second-order valence-corrected chi connectivity index (χ2v) is 35.0. The van der Waals surface area contributed by atoms with E-state index in [4.69, 9.17) is 5.73 Å². The highest BCUT2D eigenvalue weighted by atomic mass is 127. The van der Waals surface area contributed by atoms with Crippen LogP contribution in [0.25, 0.3) is 0 Å². The number of fused-ring (bicyclic) bond motifs is 2. The van der Waals surface area contributed by atoms with E-state index in [0.29, 0.717) is 37.1 Å². The number of carbonyl (C=O) groups is 13. The van der Waals surface area contributed by atoms with Crippen LogP contribution in [0.2, 0.25) is 0 Å². The van der Waals surface area contributed by atoms with E-state index in [1.165, 1.54) is 20.6 Å². The highest BCUT2D eigenvalue weighted by molar-refractivity contribution is 14.1. The Balaban J connectivity index is 0.000000349. The van der Waals surface area contributed by atoms with Gasteiger partial charge in [0.2, 0.25) is 47.0 Å². The fourth-order valence-electron chi connectivity index (χ4n) is 14.4. The predicted octanol–water partition coefficient (Wildman–Crippen LogP) is 9.56. The largest absolute Gasteiger partial charge is 0.347 e. The van der Waals surface area contributed by atoms with Crippen LogP contribution >= 0.6 is 35.0 Å². The number of likely N-dealkylation sites (N-methyl/N-ethyl adjacent to an activating group) is 2. The van der Waals surface area contributed by atoms with Crippen molar-refractivity contribution < 1.29 is 62.3 Å². The molecule has 6 fully saturated rings. The molecule has 0 radical (unpaired) electrons. The van der Waals surface area contributed by atoms with E-state index in [2.05, 4.69) is 78.5 Å². The van der Waals surface area contributed by atoms with Gasteiger partial charge in [0, 0.05) is 97.2 Å². The number of likely N-dealkylation sites (tertiary alicyclic amines) is 2. The zero-order valence-corrected chi connectivity index (χ0v) is 66.6. The van der Waals surface area contributed by atoms with Crippen LogP contribution < -0.4 is 27.0 Å². The van der Waals surface area contributed by atoms with E-state index < -0.39 is 105 Å². The molecule has 2 aromatic rings. The number of ketones is 6. The third kappa shape index (κ3) is 22.8. The van der Waals surface area contributed by atoms with Crippen molar-refractivity contribution in [3.63, 3.8) is 0 Å². The Labute approximate surface area is 625 Å². The van der Waals surface area contributed by atoms with Crippen LogP contribution in [-0.4, -0.2) is 171 Å². The maximum atomic E-state index is 14.3. The van der Waals surface area contributed by atoms with Crippen molar-refractivity contribution in [1.29, 1.82) is 0 Å². The number of hydrogen-bond donors (Lipinski definition) is 5. The van der Waals surface area contributed by atoms with Gasteiger partial charge >= 0.3 is 6.03 Å². The fraction of sp³-hybridized carbons (Fsp3) is 0.679.